The molecule has 6 nitrogen and oxygen atoms in total. The Labute approximate surface area is 174 Å². The van der Waals surface area contributed by atoms with E-state index in [9.17, 15) is 4.79 Å². The van der Waals surface area contributed by atoms with Gasteiger partial charge in [-0.15, -0.1) is 0 Å². The number of likely N-dealkylation sites (tertiary alicyclic amines) is 1. The van der Waals surface area contributed by atoms with E-state index in [2.05, 4.69) is 4.90 Å². The molecule has 0 amide bonds. The second kappa shape index (κ2) is 7.95. The first-order valence-electron chi connectivity index (χ1n) is 10.5. The van der Waals surface area contributed by atoms with Crippen molar-refractivity contribution in [2.75, 3.05) is 19.7 Å². The van der Waals surface area contributed by atoms with Crippen LogP contribution in [0.15, 0.2) is 57.4 Å². The maximum atomic E-state index is 12.6. The van der Waals surface area contributed by atoms with Gasteiger partial charge >= 0.3 is 5.97 Å². The number of benzene rings is 2. The Morgan fingerprint density at radius 2 is 1.93 bits per heavy atom. The van der Waals surface area contributed by atoms with Gasteiger partial charge in [0.15, 0.2) is 11.5 Å². The van der Waals surface area contributed by atoms with Gasteiger partial charge in [-0.2, -0.15) is 0 Å². The summed E-state index contributed by atoms with van der Waals surface area (Å²) in [7, 11) is 0. The minimum atomic E-state index is -0.329. The lowest BCUT2D eigenvalue weighted by Crippen LogP contribution is -2.34. The molecule has 30 heavy (non-hydrogen) atoms. The number of hydrogen-bond donors (Lipinski definition) is 0. The van der Waals surface area contributed by atoms with E-state index in [4.69, 9.17) is 18.6 Å². The molecule has 154 valence electrons. The fourth-order valence-electron chi connectivity index (χ4n) is 4.30. The van der Waals surface area contributed by atoms with Crippen molar-refractivity contribution in [2.24, 2.45) is 0 Å². The molecule has 0 radical (unpaired) electrons. The number of oxazole rings is 1. The molecule has 0 aliphatic carbocycles. The summed E-state index contributed by atoms with van der Waals surface area (Å²) in [6.45, 7) is 4.46. The van der Waals surface area contributed by atoms with E-state index < -0.39 is 0 Å². The van der Waals surface area contributed by atoms with Crippen molar-refractivity contribution < 1.29 is 18.4 Å². The molecule has 1 fully saturated rings. The third-order valence-electron chi connectivity index (χ3n) is 5.68. The standard InChI is InChI=1S/C24H24N2O4/c1-2-28-24(27)22-17-9-3-5-11-19(17)29-21(22)15-26-13-7-8-16(14-26)23-25-18-10-4-6-12-20(18)30-23/h3-6,9-12,16H,2,7-8,13-15H2,1H3. The van der Waals surface area contributed by atoms with Gasteiger partial charge in [0.05, 0.1) is 13.2 Å². The van der Waals surface area contributed by atoms with Crippen LogP contribution in [-0.4, -0.2) is 35.5 Å². The summed E-state index contributed by atoms with van der Waals surface area (Å²) in [4.78, 5) is 19.6. The van der Waals surface area contributed by atoms with E-state index in [1.54, 1.807) is 0 Å². The summed E-state index contributed by atoms with van der Waals surface area (Å²) in [6, 6.07) is 15.5. The van der Waals surface area contributed by atoms with Gasteiger partial charge in [-0.25, -0.2) is 9.78 Å². The zero-order chi connectivity index (χ0) is 20.5. The van der Waals surface area contributed by atoms with Gasteiger partial charge in [0.1, 0.15) is 22.4 Å². The van der Waals surface area contributed by atoms with Crippen molar-refractivity contribution in [2.45, 2.75) is 32.2 Å². The van der Waals surface area contributed by atoms with E-state index in [-0.39, 0.29) is 11.9 Å². The van der Waals surface area contributed by atoms with E-state index in [0.29, 0.717) is 30.1 Å². The summed E-state index contributed by atoms with van der Waals surface area (Å²) in [5.74, 6) is 1.34. The largest absolute Gasteiger partial charge is 0.462 e. The van der Waals surface area contributed by atoms with Crippen LogP contribution in [0, 0.1) is 0 Å². The number of fused-ring (bicyclic) bond motifs is 2. The average Bonchev–Trinajstić information content (AvgIpc) is 3.35. The van der Waals surface area contributed by atoms with Crippen molar-refractivity contribution in [3.8, 4) is 0 Å². The summed E-state index contributed by atoms with van der Waals surface area (Å²) >= 11 is 0. The molecule has 1 aliphatic rings. The average molecular weight is 404 g/mol. The highest BCUT2D eigenvalue weighted by Gasteiger charge is 2.29. The van der Waals surface area contributed by atoms with E-state index in [0.717, 1.165) is 48.3 Å². The molecule has 1 unspecified atom stereocenters. The number of piperidine rings is 1. The molecule has 2 aromatic carbocycles. The monoisotopic (exact) mass is 404 g/mol. The van der Waals surface area contributed by atoms with Crippen LogP contribution in [-0.2, 0) is 11.3 Å². The van der Waals surface area contributed by atoms with Gasteiger partial charge in [-0.05, 0) is 44.5 Å². The number of carbonyl (C=O) groups excluding carboxylic acids is 1. The Hall–Kier alpha value is -3.12. The van der Waals surface area contributed by atoms with Crippen molar-refractivity contribution >= 4 is 28.0 Å². The molecule has 1 aliphatic heterocycles. The number of carbonyl (C=O) groups is 1. The van der Waals surface area contributed by atoms with Crippen LogP contribution < -0.4 is 0 Å². The first kappa shape index (κ1) is 18.9. The summed E-state index contributed by atoms with van der Waals surface area (Å²) in [5, 5.41) is 0.804. The van der Waals surface area contributed by atoms with Gasteiger partial charge in [-0.3, -0.25) is 4.90 Å². The van der Waals surface area contributed by atoms with E-state index >= 15 is 0 Å². The molecule has 3 heterocycles. The molecule has 0 spiro atoms. The van der Waals surface area contributed by atoms with Crippen LogP contribution in [0.4, 0.5) is 0 Å². The summed E-state index contributed by atoms with van der Waals surface area (Å²) < 4.78 is 17.4. The maximum Gasteiger partial charge on any atom is 0.342 e. The number of ether oxygens (including phenoxy) is 1. The molecule has 1 atom stereocenters. The zero-order valence-corrected chi connectivity index (χ0v) is 17.0. The van der Waals surface area contributed by atoms with Crippen LogP contribution in [0.1, 0.15) is 47.7 Å². The molecule has 0 N–H and O–H groups in total. The SMILES string of the molecule is CCOC(=O)c1c(CN2CCCC(c3nc4ccccc4o3)C2)oc2ccccc12. The van der Waals surface area contributed by atoms with Crippen LogP contribution in [0.3, 0.4) is 0 Å². The third-order valence-corrected chi connectivity index (χ3v) is 5.68. The number of furan rings is 1. The lowest BCUT2D eigenvalue weighted by molar-refractivity contribution is 0.0523. The quantitative estimate of drug-likeness (QED) is 0.430. The number of rotatable bonds is 5. The van der Waals surface area contributed by atoms with Crippen LogP contribution in [0.25, 0.3) is 22.1 Å². The van der Waals surface area contributed by atoms with E-state index in [1.807, 2.05) is 55.5 Å². The number of esters is 1. The summed E-state index contributed by atoms with van der Waals surface area (Å²) in [5.41, 5.74) is 2.97. The highest BCUT2D eigenvalue weighted by atomic mass is 16.5. The Morgan fingerprint density at radius 3 is 2.77 bits per heavy atom. The zero-order valence-electron chi connectivity index (χ0n) is 17.0. The number of hydrogen-bond acceptors (Lipinski definition) is 6. The highest BCUT2D eigenvalue weighted by Crippen LogP contribution is 2.32. The van der Waals surface area contributed by atoms with Crippen LogP contribution >= 0.6 is 0 Å². The third kappa shape index (κ3) is 3.48. The molecular formula is C24H24N2O4. The first-order chi connectivity index (χ1) is 14.7. The molecule has 4 aromatic rings. The molecule has 6 heteroatoms. The normalized spacial score (nSPS) is 17.6. The number of nitrogens with zero attached hydrogens (tertiary/aromatic N) is 2. The van der Waals surface area contributed by atoms with Gasteiger partial charge in [0.2, 0.25) is 0 Å². The lowest BCUT2D eigenvalue weighted by Gasteiger charge is -2.30. The molecule has 0 bridgehead atoms. The second-order valence-electron chi connectivity index (χ2n) is 7.71. The Bertz CT molecular complexity index is 1160. The van der Waals surface area contributed by atoms with Gasteiger partial charge in [-0.1, -0.05) is 30.3 Å². The van der Waals surface area contributed by atoms with Crippen molar-refractivity contribution in [3.63, 3.8) is 0 Å². The van der Waals surface area contributed by atoms with Crippen molar-refractivity contribution in [3.05, 3.63) is 65.7 Å². The minimum Gasteiger partial charge on any atom is -0.462 e. The Morgan fingerprint density at radius 1 is 1.13 bits per heavy atom. The minimum absolute atomic E-state index is 0.224. The number of aromatic nitrogens is 1. The maximum absolute atomic E-state index is 12.6. The molecule has 5 rings (SSSR count). The fourth-order valence-corrected chi connectivity index (χ4v) is 4.30. The number of para-hydroxylation sites is 3. The predicted octanol–water partition coefficient (Wildman–Crippen LogP) is 5.13. The predicted molar refractivity (Wildman–Crippen MR) is 113 cm³/mol. The van der Waals surface area contributed by atoms with Crippen LogP contribution in [0.2, 0.25) is 0 Å². The molecule has 1 saturated heterocycles. The van der Waals surface area contributed by atoms with E-state index in [1.165, 1.54) is 0 Å². The fraction of sp³-hybridized carbons (Fsp3) is 0.333. The molecular weight excluding hydrogens is 380 g/mol. The van der Waals surface area contributed by atoms with Crippen LogP contribution in [0.5, 0.6) is 0 Å². The summed E-state index contributed by atoms with van der Waals surface area (Å²) in [6.07, 6.45) is 2.08. The van der Waals surface area contributed by atoms with Gasteiger partial charge in [0, 0.05) is 17.8 Å². The molecule has 2 aromatic heterocycles. The highest BCUT2D eigenvalue weighted by molar-refractivity contribution is 6.04. The van der Waals surface area contributed by atoms with Crippen molar-refractivity contribution in [1.29, 1.82) is 0 Å². The lowest BCUT2D eigenvalue weighted by atomic mass is 9.97. The second-order valence-corrected chi connectivity index (χ2v) is 7.71. The first-order valence-corrected chi connectivity index (χ1v) is 10.5. The smallest absolute Gasteiger partial charge is 0.342 e. The van der Waals surface area contributed by atoms with Gasteiger partial charge < -0.3 is 13.6 Å². The van der Waals surface area contributed by atoms with Crippen molar-refractivity contribution in [1.82, 2.24) is 9.88 Å². The topological polar surface area (TPSA) is 68.7 Å². The van der Waals surface area contributed by atoms with Gasteiger partial charge in [0.25, 0.3) is 0 Å². The Kier molecular flexibility index (Phi) is 5.01. The Balaban J connectivity index is 1.40. The molecule has 0 saturated carbocycles.